The van der Waals surface area contributed by atoms with Gasteiger partial charge >= 0.3 is 0 Å². The van der Waals surface area contributed by atoms with Crippen LogP contribution in [0.3, 0.4) is 0 Å². The topological polar surface area (TPSA) is 76.4 Å². The summed E-state index contributed by atoms with van der Waals surface area (Å²) in [5.41, 5.74) is 0. The average Bonchev–Trinajstić information content (AvgIpc) is 3.24. The largest absolute Gasteiger partial charge is 0.468 e. The number of carbonyl (C=O) groups excluding carboxylic acids is 1. The fourth-order valence-electron chi connectivity index (χ4n) is 2.31. The van der Waals surface area contributed by atoms with Gasteiger partial charge in [-0.25, -0.2) is 12.8 Å². The second-order valence-corrected chi connectivity index (χ2v) is 7.65. The van der Waals surface area contributed by atoms with E-state index in [-0.39, 0.29) is 29.0 Å². The molecule has 1 N–H and O–H groups in total. The molecular formula is C16H16FNO4S. The van der Waals surface area contributed by atoms with Crippen molar-refractivity contribution in [1.29, 1.82) is 0 Å². The van der Waals surface area contributed by atoms with Crippen molar-refractivity contribution in [3.63, 3.8) is 0 Å². The normalized spacial score (nSPS) is 16.0. The molecule has 3 rings (SSSR count). The van der Waals surface area contributed by atoms with E-state index in [1.165, 1.54) is 18.4 Å². The Morgan fingerprint density at radius 3 is 2.52 bits per heavy atom. The second-order valence-electron chi connectivity index (χ2n) is 5.52. The molecule has 0 aliphatic heterocycles. The van der Waals surface area contributed by atoms with Crippen molar-refractivity contribution < 1.29 is 22.0 Å². The molecule has 1 saturated carbocycles. The van der Waals surface area contributed by atoms with Crippen LogP contribution >= 0.6 is 0 Å². The van der Waals surface area contributed by atoms with Crippen molar-refractivity contribution in [2.45, 2.75) is 23.0 Å². The lowest BCUT2D eigenvalue weighted by atomic mass is 10.3. The van der Waals surface area contributed by atoms with Crippen LogP contribution in [0, 0.1) is 11.7 Å². The van der Waals surface area contributed by atoms with Crippen LogP contribution in [0.2, 0.25) is 0 Å². The molecule has 5 nitrogen and oxygen atoms in total. The molecule has 1 aliphatic rings. The smallest absolute Gasteiger partial charge is 0.223 e. The molecule has 122 valence electrons. The van der Waals surface area contributed by atoms with Crippen molar-refractivity contribution in [2.75, 3.05) is 6.54 Å². The summed E-state index contributed by atoms with van der Waals surface area (Å²) in [5.74, 6) is -0.428. The van der Waals surface area contributed by atoms with Gasteiger partial charge < -0.3 is 9.73 Å². The van der Waals surface area contributed by atoms with Crippen LogP contribution in [-0.2, 0) is 14.6 Å². The number of hydrogen-bond donors (Lipinski definition) is 1. The molecule has 0 radical (unpaired) electrons. The second kappa shape index (κ2) is 6.16. The highest BCUT2D eigenvalue weighted by Gasteiger charge is 2.34. The third kappa shape index (κ3) is 3.44. The molecule has 1 aromatic heterocycles. The Morgan fingerprint density at radius 2 is 1.96 bits per heavy atom. The molecule has 1 atom stereocenters. The van der Waals surface area contributed by atoms with E-state index >= 15 is 0 Å². The number of halogens is 1. The highest BCUT2D eigenvalue weighted by molar-refractivity contribution is 7.91. The molecule has 1 amide bonds. The van der Waals surface area contributed by atoms with Gasteiger partial charge in [0.25, 0.3) is 0 Å². The number of nitrogens with one attached hydrogen (secondary N) is 1. The fourth-order valence-corrected chi connectivity index (χ4v) is 3.90. The summed E-state index contributed by atoms with van der Waals surface area (Å²) in [7, 11) is -3.82. The molecular weight excluding hydrogens is 321 g/mol. The van der Waals surface area contributed by atoms with Gasteiger partial charge in [0.1, 0.15) is 16.8 Å². The van der Waals surface area contributed by atoms with E-state index < -0.39 is 20.9 Å². The van der Waals surface area contributed by atoms with Crippen LogP contribution in [-0.4, -0.2) is 20.9 Å². The molecule has 1 aromatic carbocycles. The van der Waals surface area contributed by atoms with Gasteiger partial charge in [-0.2, -0.15) is 0 Å². The van der Waals surface area contributed by atoms with Crippen LogP contribution in [0.4, 0.5) is 4.39 Å². The first-order chi connectivity index (χ1) is 11.0. The van der Waals surface area contributed by atoms with Gasteiger partial charge in [-0.3, -0.25) is 4.79 Å². The molecule has 2 aromatic rings. The van der Waals surface area contributed by atoms with Crippen LogP contribution in [0.1, 0.15) is 23.9 Å². The molecule has 0 bridgehead atoms. The van der Waals surface area contributed by atoms with Crippen molar-refractivity contribution in [1.82, 2.24) is 5.32 Å². The number of carbonyl (C=O) groups is 1. The molecule has 0 saturated heterocycles. The lowest BCUT2D eigenvalue weighted by Gasteiger charge is -2.16. The van der Waals surface area contributed by atoms with Crippen LogP contribution in [0.25, 0.3) is 0 Å². The van der Waals surface area contributed by atoms with Crippen molar-refractivity contribution in [2.24, 2.45) is 5.92 Å². The zero-order chi connectivity index (χ0) is 16.4. The van der Waals surface area contributed by atoms with E-state index in [2.05, 4.69) is 5.32 Å². The van der Waals surface area contributed by atoms with Gasteiger partial charge in [0, 0.05) is 12.5 Å². The molecule has 1 heterocycles. The number of amides is 1. The average molecular weight is 337 g/mol. The Kier molecular flexibility index (Phi) is 4.21. The summed E-state index contributed by atoms with van der Waals surface area (Å²) in [6.07, 6.45) is 3.05. The summed E-state index contributed by atoms with van der Waals surface area (Å²) in [6.45, 7) is -0.0808. The van der Waals surface area contributed by atoms with Gasteiger partial charge in [-0.05, 0) is 49.2 Å². The minimum atomic E-state index is -3.82. The van der Waals surface area contributed by atoms with Crippen molar-refractivity contribution in [3.8, 4) is 0 Å². The Bertz CT molecular complexity index is 780. The molecule has 1 fully saturated rings. The minimum Gasteiger partial charge on any atom is -0.468 e. The first kappa shape index (κ1) is 15.7. The lowest BCUT2D eigenvalue weighted by Crippen LogP contribution is -2.32. The van der Waals surface area contributed by atoms with E-state index in [1.54, 1.807) is 12.1 Å². The molecule has 1 aliphatic carbocycles. The third-order valence-electron chi connectivity index (χ3n) is 3.79. The number of furan rings is 1. The van der Waals surface area contributed by atoms with Crippen molar-refractivity contribution in [3.05, 3.63) is 54.2 Å². The van der Waals surface area contributed by atoms with E-state index in [0.717, 1.165) is 25.0 Å². The maximum Gasteiger partial charge on any atom is 0.223 e. The first-order valence-electron chi connectivity index (χ1n) is 7.29. The molecule has 23 heavy (non-hydrogen) atoms. The summed E-state index contributed by atoms with van der Waals surface area (Å²) in [5, 5.41) is 1.62. The standard InChI is InChI=1S/C16H16FNO4S/c17-12-5-7-13(8-6-12)23(20,21)15(14-2-1-9-22-14)10-18-16(19)11-3-4-11/h1-2,5-9,11,15H,3-4,10H2,(H,18,19)/t15-/m1/s1. The molecule has 0 spiro atoms. The highest BCUT2D eigenvalue weighted by atomic mass is 32.2. The maximum absolute atomic E-state index is 13.0. The number of hydrogen-bond acceptors (Lipinski definition) is 4. The SMILES string of the molecule is O=C(NC[C@H](c1ccco1)S(=O)(=O)c1ccc(F)cc1)C1CC1. The van der Waals surface area contributed by atoms with E-state index in [1.807, 2.05) is 0 Å². The van der Waals surface area contributed by atoms with E-state index in [0.29, 0.717) is 0 Å². The predicted octanol–water partition coefficient (Wildman–Crippen LogP) is 2.46. The highest BCUT2D eigenvalue weighted by Crippen LogP contribution is 2.31. The monoisotopic (exact) mass is 337 g/mol. The maximum atomic E-state index is 13.0. The number of benzene rings is 1. The number of sulfone groups is 1. The first-order valence-corrected chi connectivity index (χ1v) is 8.83. The summed E-state index contributed by atoms with van der Waals surface area (Å²) in [4.78, 5) is 11.8. The van der Waals surface area contributed by atoms with E-state index in [9.17, 15) is 17.6 Å². The fraction of sp³-hybridized carbons (Fsp3) is 0.312. The zero-order valence-corrected chi connectivity index (χ0v) is 13.1. The summed E-state index contributed by atoms with van der Waals surface area (Å²) < 4.78 is 43.9. The quantitative estimate of drug-likeness (QED) is 0.822. The third-order valence-corrected chi connectivity index (χ3v) is 5.86. The van der Waals surface area contributed by atoms with Gasteiger partial charge in [0.2, 0.25) is 5.91 Å². The lowest BCUT2D eigenvalue weighted by molar-refractivity contribution is -0.122. The Hall–Kier alpha value is -2.15. The Labute approximate surface area is 133 Å². The van der Waals surface area contributed by atoms with Crippen LogP contribution in [0.15, 0.2) is 52.0 Å². The van der Waals surface area contributed by atoms with Gasteiger partial charge in [-0.15, -0.1) is 0 Å². The number of rotatable bonds is 6. The van der Waals surface area contributed by atoms with Crippen molar-refractivity contribution >= 4 is 15.7 Å². The van der Waals surface area contributed by atoms with Gasteiger partial charge in [0.05, 0.1) is 11.2 Å². The Morgan fingerprint density at radius 1 is 1.26 bits per heavy atom. The summed E-state index contributed by atoms with van der Waals surface area (Å²) in [6, 6.07) is 7.75. The molecule has 0 unspecified atom stereocenters. The summed E-state index contributed by atoms with van der Waals surface area (Å²) >= 11 is 0. The van der Waals surface area contributed by atoms with Gasteiger partial charge in [0.15, 0.2) is 9.84 Å². The van der Waals surface area contributed by atoms with Gasteiger partial charge in [-0.1, -0.05) is 0 Å². The Balaban J connectivity index is 1.87. The van der Waals surface area contributed by atoms with Crippen LogP contribution < -0.4 is 5.32 Å². The molecule has 7 heteroatoms. The van der Waals surface area contributed by atoms with Crippen LogP contribution in [0.5, 0.6) is 0 Å². The zero-order valence-electron chi connectivity index (χ0n) is 12.2. The minimum absolute atomic E-state index is 0.0130. The predicted molar refractivity (Wildman–Crippen MR) is 80.8 cm³/mol. The van der Waals surface area contributed by atoms with E-state index in [4.69, 9.17) is 4.42 Å².